The number of anilines is 1. The minimum atomic E-state index is -3.90. The molecule has 1 aliphatic rings. The molecule has 42 heavy (non-hydrogen) atoms. The molecule has 0 aliphatic carbocycles. The predicted molar refractivity (Wildman–Crippen MR) is 165 cm³/mol. The molecule has 1 aliphatic heterocycles. The fourth-order valence-electron chi connectivity index (χ4n) is 5.43. The first-order valence-electron chi connectivity index (χ1n) is 13.7. The summed E-state index contributed by atoms with van der Waals surface area (Å²) in [6.45, 7) is 3.49. The Labute approximate surface area is 244 Å². The summed E-state index contributed by atoms with van der Waals surface area (Å²) in [4.78, 5) is 15.7. The van der Waals surface area contributed by atoms with Crippen LogP contribution < -0.4 is 10.5 Å². The first-order valence-corrected chi connectivity index (χ1v) is 15.2. The lowest BCUT2D eigenvalue weighted by Gasteiger charge is -2.22. The number of nitrogens with zero attached hydrogens (tertiary/aromatic N) is 3. The van der Waals surface area contributed by atoms with Gasteiger partial charge in [-0.25, -0.2) is 18.2 Å². The number of sulfonamides is 1. The van der Waals surface area contributed by atoms with Crippen LogP contribution in [-0.2, 0) is 10.0 Å². The molecule has 9 nitrogen and oxygen atoms in total. The Balaban J connectivity index is 1.34. The minimum absolute atomic E-state index is 0.0341. The lowest BCUT2D eigenvalue weighted by Crippen LogP contribution is -2.29. The van der Waals surface area contributed by atoms with Crippen LogP contribution in [0, 0.1) is 12.3 Å². The standard InChI is InChI=1S/C32H30N6O3S/c1-21-18-29(32(39)35-25-14-12-22(13-15-25)26-10-4-5-11-30(26)42(34,40)41)38(36-21)28-20-24-9-3-2-8-23(24)19-27(28)31(33)37-16-6-7-17-37/h2-5,8-15,18-20,33H,6-7,16-17H2,1H3,(H,35,39)(H2,34,40,41). The van der Waals surface area contributed by atoms with Crippen LogP contribution >= 0.6 is 0 Å². The third kappa shape index (κ3) is 5.29. The van der Waals surface area contributed by atoms with Crippen LogP contribution in [0.4, 0.5) is 5.69 Å². The average Bonchev–Trinajstić information content (AvgIpc) is 3.66. The molecule has 0 radical (unpaired) electrons. The molecule has 10 heteroatoms. The monoisotopic (exact) mass is 578 g/mol. The van der Waals surface area contributed by atoms with E-state index in [1.165, 1.54) is 6.07 Å². The summed E-state index contributed by atoms with van der Waals surface area (Å²) in [5.74, 6) is 0.0585. The number of carbonyl (C=O) groups is 1. The Morgan fingerprint density at radius 3 is 2.24 bits per heavy atom. The lowest BCUT2D eigenvalue weighted by molar-refractivity contribution is 0.101. The number of hydrogen-bond acceptors (Lipinski definition) is 5. The van der Waals surface area contributed by atoms with Crippen LogP contribution in [0.5, 0.6) is 0 Å². The van der Waals surface area contributed by atoms with Crippen molar-refractivity contribution in [2.75, 3.05) is 18.4 Å². The molecule has 1 saturated heterocycles. The van der Waals surface area contributed by atoms with E-state index < -0.39 is 10.0 Å². The molecule has 2 heterocycles. The number of fused-ring (bicyclic) bond motifs is 1. The molecule has 6 rings (SSSR count). The van der Waals surface area contributed by atoms with Crippen molar-refractivity contribution in [1.82, 2.24) is 14.7 Å². The first-order chi connectivity index (χ1) is 20.2. The van der Waals surface area contributed by atoms with Crippen LogP contribution in [0.25, 0.3) is 27.6 Å². The van der Waals surface area contributed by atoms with Crippen molar-refractivity contribution in [2.24, 2.45) is 5.14 Å². The van der Waals surface area contributed by atoms with E-state index in [1.54, 1.807) is 53.2 Å². The van der Waals surface area contributed by atoms with Gasteiger partial charge in [0.15, 0.2) is 0 Å². The van der Waals surface area contributed by atoms with Gasteiger partial charge in [-0.2, -0.15) is 5.10 Å². The zero-order chi connectivity index (χ0) is 29.4. The van der Waals surface area contributed by atoms with Crippen LogP contribution in [0.3, 0.4) is 0 Å². The van der Waals surface area contributed by atoms with Crippen molar-refractivity contribution in [2.45, 2.75) is 24.7 Å². The van der Waals surface area contributed by atoms with Gasteiger partial charge >= 0.3 is 0 Å². The van der Waals surface area contributed by atoms with Crippen molar-refractivity contribution in [3.05, 3.63) is 108 Å². The number of benzene rings is 4. The molecular formula is C32H30N6O3S. The number of amidine groups is 1. The lowest BCUT2D eigenvalue weighted by atomic mass is 10.0. The Morgan fingerprint density at radius 2 is 1.55 bits per heavy atom. The molecule has 212 valence electrons. The van der Waals surface area contributed by atoms with Crippen molar-refractivity contribution in [1.29, 1.82) is 5.41 Å². The van der Waals surface area contributed by atoms with E-state index in [2.05, 4.69) is 15.3 Å². The minimum Gasteiger partial charge on any atom is -0.357 e. The summed E-state index contributed by atoms with van der Waals surface area (Å²) in [6.07, 6.45) is 2.10. The number of nitrogens with one attached hydrogen (secondary N) is 2. The van der Waals surface area contributed by atoms with E-state index in [-0.39, 0.29) is 10.8 Å². The second kappa shape index (κ2) is 10.9. The number of carbonyl (C=O) groups excluding carboxylic acids is 1. The summed E-state index contributed by atoms with van der Waals surface area (Å²) >= 11 is 0. The smallest absolute Gasteiger partial charge is 0.274 e. The van der Waals surface area contributed by atoms with Gasteiger partial charge in [0.1, 0.15) is 11.5 Å². The number of nitrogens with two attached hydrogens (primary N) is 1. The highest BCUT2D eigenvalue weighted by atomic mass is 32.2. The van der Waals surface area contributed by atoms with Gasteiger partial charge in [-0.05, 0) is 72.5 Å². The van der Waals surface area contributed by atoms with E-state index in [0.29, 0.717) is 45.3 Å². The maximum absolute atomic E-state index is 13.6. The van der Waals surface area contributed by atoms with Gasteiger partial charge in [0.25, 0.3) is 5.91 Å². The zero-order valence-corrected chi connectivity index (χ0v) is 23.9. The number of likely N-dealkylation sites (tertiary alicyclic amines) is 1. The van der Waals surface area contributed by atoms with E-state index >= 15 is 0 Å². The van der Waals surface area contributed by atoms with Gasteiger partial charge in [-0.1, -0.05) is 54.6 Å². The number of amides is 1. The molecule has 0 unspecified atom stereocenters. The second-order valence-electron chi connectivity index (χ2n) is 10.4. The largest absolute Gasteiger partial charge is 0.357 e. The number of aromatic nitrogens is 2. The fraction of sp³-hybridized carbons (Fsp3) is 0.156. The third-order valence-corrected chi connectivity index (χ3v) is 8.45. The highest BCUT2D eigenvalue weighted by Gasteiger charge is 2.24. The zero-order valence-electron chi connectivity index (χ0n) is 23.0. The van der Waals surface area contributed by atoms with Gasteiger partial charge in [0.05, 0.1) is 16.3 Å². The highest BCUT2D eigenvalue weighted by Crippen LogP contribution is 2.29. The number of aryl methyl sites for hydroxylation is 1. The molecule has 0 atom stereocenters. The van der Waals surface area contributed by atoms with Gasteiger partial charge in [0.2, 0.25) is 10.0 Å². The van der Waals surface area contributed by atoms with Crippen LogP contribution in [0.2, 0.25) is 0 Å². The number of rotatable bonds is 6. The molecule has 5 aromatic rings. The number of primary sulfonamides is 1. The average molecular weight is 579 g/mol. The van der Waals surface area contributed by atoms with Gasteiger partial charge < -0.3 is 10.2 Å². The van der Waals surface area contributed by atoms with Gasteiger partial charge in [-0.3, -0.25) is 10.2 Å². The molecule has 1 fully saturated rings. The molecule has 4 aromatic carbocycles. The van der Waals surface area contributed by atoms with E-state index in [1.807, 2.05) is 43.3 Å². The van der Waals surface area contributed by atoms with Crippen LogP contribution in [-0.4, -0.2) is 47.9 Å². The van der Waals surface area contributed by atoms with E-state index in [0.717, 1.165) is 36.7 Å². The Bertz CT molecular complexity index is 1940. The normalized spacial score (nSPS) is 13.4. The maximum Gasteiger partial charge on any atom is 0.274 e. The molecule has 1 aromatic heterocycles. The molecular weight excluding hydrogens is 548 g/mol. The van der Waals surface area contributed by atoms with E-state index in [4.69, 9.17) is 10.5 Å². The Morgan fingerprint density at radius 1 is 0.905 bits per heavy atom. The first kappa shape index (κ1) is 27.4. The van der Waals surface area contributed by atoms with Crippen molar-refractivity contribution in [3.8, 4) is 16.8 Å². The molecule has 0 spiro atoms. The number of hydrogen-bond donors (Lipinski definition) is 3. The highest BCUT2D eigenvalue weighted by molar-refractivity contribution is 7.89. The summed E-state index contributed by atoms with van der Waals surface area (Å²) in [5.41, 5.74) is 4.05. The molecule has 0 saturated carbocycles. The summed E-state index contributed by atoms with van der Waals surface area (Å²) in [7, 11) is -3.90. The fourth-order valence-corrected chi connectivity index (χ4v) is 6.19. The topological polar surface area (TPSA) is 134 Å². The van der Waals surface area contributed by atoms with Crippen molar-refractivity contribution >= 4 is 38.2 Å². The molecule has 4 N–H and O–H groups in total. The Kier molecular flexibility index (Phi) is 7.09. The van der Waals surface area contributed by atoms with Crippen molar-refractivity contribution in [3.63, 3.8) is 0 Å². The quantitative estimate of drug-likeness (QED) is 0.185. The van der Waals surface area contributed by atoms with Gasteiger partial charge in [0, 0.05) is 29.9 Å². The van der Waals surface area contributed by atoms with E-state index in [9.17, 15) is 13.2 Å². The summed E-state index contributed by atoms with van der Waals surface area (Å²) < 4.78 is 25.7. The van der Waals surface area contributed by atoms with Gasteiger partial charge in [-0.15, -0.1) is 0 Å². The van der Waals surface area contributed by atoms with Crippen molar-refractivity contribution < 1.29 is 13.2 Å². The maximum atomic E-state index is 13.6. The third-order valence-electron chi connectivity index (χ3n) is 7.48. The second-order valence-corrected chi connectivity index (χ2v) is 11.9. The molecule has 1 amide bonds. The summed E-state index contributed by atoms with van der Waals surface area (Å²) in [6, 6.07) is 27.1. The Hall–Kier alpha value is -4.80. The van der Waals surface area contributed by atoms with Crippen LogP contribution in [0.1, 0.15) is 34.6 Å². The SMILES string of the molecule is Cc1cc(C(=O)Nc2ccc(-c3ccccc3S(N)(=O)=O)cc2)n(-c2cc3ccccc3cc2C(=N)N2CCCC2)n1. The molecule has 0 bridgehead atoms. The summed E-state index contributed by atoms with van der Waals surface area (Å²) in [5, 5.41) is 24.1. The predicted octanol–water partition coefficient (Wildman–Crippen LogP) is 5.32. The van der Waals surface area contributed by atoms with Crippen LogP contribution in [0.15, 0.2) is 95.9 Å².